The van der Waals surface area contributed by atoms with Crippen LogP contribution in [0.25, 0.3) is 0 Å². The van der Waals surface area contributed by atoms with Crippen LogP contribution in [-0.2, 0) is 9.59 Å². The fourth-order valence-electron chi connectivity index (χ4n) is 4.76. The van der Waals surface area contributed by atoms with Crippen molar-refractivity contribution in [1.82, 2.24) is 10.6 Å². The van der Waals surface area contributed by atoms with Crippen LogP contribution in [0.2, 0.25) is 10.0 Å². The Hall–Kier alpha value is -2.51. The van der Waals surface area contributed by atoms with Crippen molar-refractivity contribution < 1.29 is 23.5 Å². The maximum absolute atomic E-state index is 13.5. The Morgan fingerprint density at radius 3 is 1.97 bits per heavy atom. The van der Waals surface area contributed by atoms with Gasteiger partial charge in [0.15, 0.2) is 6.61 Å². The number of halogens is 3. The number of hydrogen-bond acceptors (Lipinski definition) is 4. The number of rotatable bonds is 9. The highest BCUT2D eigenvalue weighted by atomic mass is 35.5. The van der Waals surface area contributed by atoms with Crippen molar-refractivity contribution in [2.75, 3.05) is 13.2 Å². The van der Waals surface area contributed by atoms with Gasteiger partial charge in [-0.2, -0.15) is 0 Å². The van der Waals surface area contributed by atoms with E-state index in [-0.39, 0.29) is 47.5 Å². The number of ether oxygens (including phenoxy) is 2. The number of benzene rings is 2. The lowest BCUT2D eigenvalue weighted by atomic mass is 9.61. The van der Waals surface area contributed by atoms with Crippen LogP contribution in [0.5, 0.6) is 11.5 Å². The molecule has 2 N–H and O–H groups in total. The summed E-state index contributed by atoms with van der Waals surface area (Å²) in [4.78, 5) is 25.0. The molecule has 34 heavy (non-hydrogen) atoms. The molecule has 3 fully saturated rings. The van der Waals surface area contributed by atoms with Gasteiger partial charge in [0.2, 0.25) is 5.91 Å². The smallest absolute Gasteiger partial charge is 0.258 e. The van der Waals surface area contributed by atoms with E-state index in [2.05, 4.69) is 10.6 Å². The Morgan fingerprint density at radius 1 is 0.824 bits per heavy atom. The SMILES string of the molecule is O=C(CCOc1ccc(Cl)c(F)c1)NC12CCC(NC(=O)COc3ccc(Cl)cc3)(CC1)CC2. The van der Waals surface area contributed by atoms with Gasteiger partial charge < -0.3 is 20.1 Å². The molecule has 2 amide bonds. The molecular formula is C25H27Cl2FN2O4. The van der Waals surface area contributed by atoms with E-state index in [1.54, 1.807) is 30.3 Å². The first-order valence-corrected chi connectivity index (χ1v) is 12.1. The molecule has 6 nitrogen and oxygen atoms in total. The van der Waals surface area contributed by atoms with Gasteiger partial charge in [0.25, 0.3) is 5.91 Å². The van der Waals surface area contributed by atoms with Gasteiger partial charge in [-0.25, -0.2) is 4.39 Å². The molecule has 0 aromatic heterocycles. The largest absolute Gasteiger partial charge is 0.493 e. The third-order valence-electron chi connectivity index (χ3n) is 6.73. The first kappa shape index (κ1) is 24.6. The molecule has 0 saturated heterocycles. The topological polar surface area (TPSA) is 76.7 Å². The van der Waals surface area contributed by atoms with Crippen LogP contribution in [0.3, 0.4) is 0 Å². The van der Waals surface area contributed by atoms with Gasteiger partial charge in [-0.05, 0) is 74.9 Å². The lowest BCUT2D eigenvalue weighted by molar-refractivity contribution is -0.129. The van der Waals surface area contributed by atoms with E-state index >= 15 is 0 Å². The number of amides is 2. The van der Waals surface area contributed by atoms with Gasteiger partial charge in [-0.15, -0.1) is 0 Å². The molecule has 182 valence electrons. The number of carbonyl (C=O) groups is 2. The van der Waals surface area contributed by atoms with Crippen molar-refractivity contribution >= 4 is 35.0 Å². The monoisotopic (exact) mass is 508 g/mol. The minimum absolute atomic E-state index is 0.0279. The number of hydrogen-bond donors (Lipinski definition) is 2. The predicted molar refractivity (Wildman–Crippen MR) is 128 cm³/mol. The second-order valence-corrected chi connectivity index (χ2v) is 9.92. The van der Waals surface area contributed by atoms with E-state index in [0.717, 1.165) is 38.5 Å². The highest BCUT2D eigenvalue weighted by molar-refractivity contribution is 6.30. The zero-order chi connectivity index (χ0) is 24.2. The second-order valence-electron chi connectivity index (χ2n) is 9.07. The van der Waals surface area contributed by atoms with Gasteiger partial charge >= 0.3 is 0 Å². The Kier molecular flexibility index (Phi) is 7.53. The molecule has 0 heterocycles. The third kappa shape index (κ3) is 6.13. The van der Waals surface area contributed by atoms with Crippen molar-refractivity contribution in [2.45, 2.75) is 56.0 Å². The van der Waals surface area contributed by atoms with Crippen molar-refractivity contribution in [1.29, 1.82) is 0 Å². The average molecular weight is 509 g/mol. The number of nitrogens with one attached hydrogen (secondary N) is 2. The van der Waals surface area contributed by atoms with Crippen LogP contribution in [-0.4, -0.2) is 36.1 Å². The Balaban J connectivity index is 1.19. The summed E-state index contributed by atoms with van der Waals surface area (Å²) in [6.45, 7) is 0.0966. The second kappa shape index (κ2) is 10.4. The molecule has 0 radical (unpaired) electrons. The minimum atomic E-state index is -0.556. The molecule has 3 saturated carbocycles. The van der Waals surface area contributed by atoms with E-state index in [1.807, 2.05) is 0 Å². The summed E-state index contributed by atoms with van der Waals surface area (Å²) < 4.78 is 24.5. The zero-order valence-electron chi connectivity index (χ0n) is 18.7. The van der Waals surface area contributed by atoms with Crippen molar-refractivity contribution in [3.63, 3.8) is 0 Å². The van der Waals surface area contributed by atoms with Gasteiger partial charge in [-0.3, -0.25) is 9.59 Å². The van der Waals surface area contributed by atoms with Crippen LogP contribution >= 0.6 is 23.2 Å². The van der Waals surface area contributed by atoms with Crippen molar-refractivity contribution in [3.05, 3.63) is 58.3 Å². The first-order chi connectivity index (χ1) is 16.3. The van der Waals surface area contributed by atoms with Crippen molar-refractivity contribution in [3.8, 4) is 11.5 Å². The zero-order valence-corrected chi connectivity index (χ0v) is 20.2. The lowest BCUT2D eigenvalue weighted by Crippen LogP contribution is -2.64. The quantitative estimate of drug-likeness (QED) is 0.496. The van der Waals surface area contributed by atoms with Gasteiger partial charge in [0.05, 0.1) is 18.1 Å². The number of carbonyl (C=O) groups excluding carboxylic acids is 2. The van der Waals surface area contributed by atoms with E-state index in [9.17, 15) is 14.0 Å². The first-order valence-electron chi connectivity index (χ1n) is 11.3. The molecule has 3 aliphatic carbocycles. The highest BCUT2D eigenvalue weighted by Crippen LogP contribution is 2.46. The van der Waals surface area contributed by atoms with Crippen LogP contribution < -0.4 is 20.1 Å². The molecule has 2 aromatic rings. The molecule has 0 atom stereocenters. The van der Waals surface area contributed by atoms with Gasteiger partial charge in [-0.1, -0.05) is 23.2 Å². The van der Waals surface area contributed by atoms with Crippen LogP contribution in [0.15, 0.2) is 42.5 Å². The minimum Gasteiger partial charge on any atom is -0.493 e. The highest BCUT2D eigenvalue weighted by Gasteiger charge is 2.49. The fourth-order valence-corrected chi connectivity index (χ4v) is 5.00. The standard InChI is InChI=1S/C25H27Cl2FN2O4/c26-17-1-3-18(4-2-17)34-16-23(32)30-25-11-8-24(9-12-25,10-13-25)29-22(31)7-14-33-19-5-6-20(27)21(28)15-19/h1-6,15H,7-14,16H2,(H,29,31)(H,30,32). The fraction of sp³-hybridized carbons (Fsp3) is 0.440. The normalized spacial score (nSPS) is 23.3. The molecule has 2 bridgehead atoms. The summed E-state index contributed by atoms with van der Waals surface area (Å²) in [5.41, 5.74) is -0.482. The molecule has 2 aromatic carbocycles. The van der Waals surface area contributed by atoms with Crippen LogP contribution in [0, 0.1) is 5.82 Å². The molecule has 3 aliphatic rings. The molecule has 0 spiro atoms. The van der Waals surface area contributed by atoms with E-state index in [1.165, 1.54) is 12.1 Å². The van der Waals surface area contributed by atoms with Gasteiger partial charge in [0.1, 0.15) is 17.3 Å². The molecule has 0 aliphatic heterocycles. The predicted octanol–water partition coefficient (Wildman–Crippen LogP) is 5.06. The third-order valence-corrected chi connectivity index (χ3v) is 7.29. The van der Waals surface area contributed by atoms with Crippen LogP contribution in [0.1, 0.15) is 44.9 Å². The van der Waals surface area contributed by atoms with E-state index < -0.39 is 5.82 Å². The van der Waals surface area contributed by atoms with Crippen LogP contribution in [0.4, 0.5) is 4.39 Å². The molecule has 0 unspecified atom stereocenters. The van der Waals surface area contributed by atoms with Gasteiger partial charge in [0, 0.05) is 22.2 Å². The Bertz CT molecular complexity index is 1020. The summed E-state index contributed by atoms with van der Waals surface area (Å²) in [7, 11) is 0. The summed E-state index contributed by atoms with van der Waals surface area (Å²) >= 11 is 11.5. The maximum atomic E-state index is 13.5. The summed E-state index contributed by atoms with van der Waals surface area (Å²) in [5.74, 6) is 0.132. The summed E-state index contributed by atoms with van der Waals surface area (Å²) in [6.07, 6.45) is 5.01. The average Bonchev–Trinajstić information content (AvgIpc) is 2.82. The number of fused-ring (bicyclic) bond motifs is 3. The summed E-state index contributed by atoms with van der Waals surface area (Å²) in [6, 6.07) is 11.1. The molecular weight excluding hydrogens is 482 g/mol. The van der Waals surface area contributed by atoms with E-state index in [0.29, 0.717) is 16.5 Å². The summed E-state index contributed by atoms with van der Waals surface area (Å²) in [5, 5.41) is 7.00. The lowest BCUT2D eigenvalue weighted by Gasteiger charge is -2.53. The molecule has 9 heteroatoms. The Labute approximate surface area is 208 Å². The molecule has 5 rings (SSSR count). The van der Waals surface area contributed by atoms with E-state index in [4.69, 9.17) is 32.7 Å². The maximum Gasteiger partial charge on any atom is 0.258 e. The van der Waals surface area contributed by atoms with Crippen molar-refractivity contribution in [2.24, 2.45) is 0 Å². The Morgan fingerprint density at radius 2 is 1.38 bits per heavy atom.